The molecule has 1 aromatic heterocycles. The molecule has 0 fully saturated rings. The first-order valence-electron chi connectivity index (χ1n) is 9.09. The van der Waals surface area contributed by atoms with Crippen molar-refractivity contribution in [1.29, 1.82) is 0 Å². The van der Waals surface area contributed by atoms with Gasteiger partial charge in [0.05, 0.1) is 5.69 Å². The molecule has 5 nitrogen and oxygen atoms in total. The lowest BCUT2D eigenvalue weighted by molar-refractivity contribution is 0.655. The Kier molecular flexibility index (Phi) is 10.3. The predicted molar refractivity (Wildman–Crippen MR) is 120 cm³/mol. The number of unbranched alkanes of at least 4 members (excludes halogenated alkanes) is 2. The Morgan fingerprint density at radius 1 is 1.08 bits per heavy atom. The Hall–Kier alpha value is -1.57. The molecule has 0 aliphatic heterocycles. The van der Waals surface area contributed by atoms with Crippen molar-refractivity contribution in [3.63, 3.8) is 0 Å². The van der Waals surface area contributed by atoms with Crippen LogP contribution in [-0.2, 0) is 20.0 Å². The summed E-state index contributed by atoms with van der Waals surface area (Å²) in [7, 11) is 3.79. The Morgan fingerprint density at radius 2 is 1.81 bits per heavy atom. The highest BCUT2D eigenvalue weighted by atomic mass is 127. The fourth-order valence-electron chi connectivity index (χ4n) is 2.95. The van der Waals surface area contributed by atoms with Crippen LogP contribution in [0, 0.1) is 13.8 Å². The number of halogens is 1. The maximum atomic E-state index is 4.45. The first kappa shape index (κ1) is 22.5. The number of hydrogen-bond donors (Lipinski definition) is 2. The van der Waals surface area contributed by atoms with Crippen LogP contribution in [-0.4, -0.2) is 29.3 Å². The van der Waals surface area contributed by atoms with Crippen LogP contribution in [0.1, 0.15) is 41.8 Å². The summed E-state index contributed by atoms with van der Waals surface area (Å²) >= 11 is 0. The van der Waals surface area contributed by atoms with Crippen molar-refractivity contribution in [2.75, 3.05) is 13.6 Å². The van der Waals surface area contributed by atoms with Gasteiger partial charge in [-0.1, -0.05) is 36.8 Å². The van der Waals surface area contributed by atoms with Crippen molar-refractivity contribution >= 4 is 29.9 Å². The van der Waals surface area contributed by atoms with Crippen LogP contribution in [0.5, 0.6) is 0 Å². The zero-order valence-corrected chi connectivity index (χ0v) is 18.7. The van der Waals surface area contributed by atoms with E-state index in [1.807, 2.05) is 25.7 Å². The average molecular weight is 469 g/mol. The summed E-state index contributed by atoms with van der Waals surface area (Å²) < 4.78 is 1.93. The molecule has 0 aliphatic carbocycles. The minimum atomic E-state index is 0. The summed E-state index contributed by atoms with van der Waals surface area (Å²) in [6.07, 6.45) is 4.76. The number of benzene rings is 1. The number of aromatic nitrogens is 2. The van der Waals surface area contributed by atoms with Gasteiger partial charge in [-0.25, -0.2) is 0 Å². The van der Waals surface area contributed by atoms with Gasteiger partial charge in [0.1, 0.15) is 0 Å². The quantitative estimate of drug-likeness (QED) is 0.268. The molecule has 2 aromatic rings. The second kappa shape index (κ2) is 11.9. The molecule has 2 N–H and O–H groups in total. The Bertz CT molecular complexity index is 679. The summed E-state index contributed by atoms with van der Waals surface area (Å²) in [5, 5.41) is 11.2. The van der Waals surface area contributed by atoms with Crippen LogP contribution in [0.15, 0.2) is 35.3 Å². The molecule has 26 heavy (non-hydrogen) atoms. The van der Waals surface area contributed by atoms with E-state index in [2.05, 4.69) is 58.0 Å². The van der Waals surface area contributed by atoms with Crippen molar-refractivity contribution in [2.45, 2.75) is 46.1 Å². The molecule has 1 heterocycles. The first-order chi connectivity index (χ1) is 12.1. The number of guanidine groups is 1. The number of nitrogens with zero attached hydrogens (tertiary/aromatic N) is 3. The maximum Gasteiger partial charge on any atom is 0.191 e. The van der Waals surface area contributed by atoms with E-state index in [1.54, 1.807) is 0 Å². The minimum absolute atomic E-state index is 0. The summed E-state index contributed by atoms with van der Waals surface area (Å²) in [4.78, 5) is 4.30. The zero-order chi connectivity index (χ0) is 18.1. The van der Waals surface area contributed by atoms with E-state index in [0.29, 0.717) is 0 Å². The standard InChI is InChI=1S/C20H31N5.HI/c1-16-19(17(2)25(4)24-16)15-23-20(21-3)22-14-10-6-9-13-18-11-7-5-8-12-18;/h5,7-8,11-12H,6,9-10,13-15H2,1-4H3,(H2,21,22,23);1H. The van der Waals surface area contributed by atoms with Gasteiger partial charge in [-0.2, -0.15) is 5.10 Å². The molecule has 0 amide bonds. The second-order valence-corrected chi connectivity index (χ2v) is 6.42. The Labute approximate surface area is 174 Å². The summed E-state index contributed by atoms with van der Waals surface area (Å²) in [5.41, 5.74) is 4.94. The van der Waals surface area contributed by atoms with Crippen LogP contribution < -0.4 is 10.6 Å². The van der Waals surface area contributed by atoms with Crippen molar-refractivity contribution < 1.29 is 0 Å². The van der Waals surface area contributed by atoms with Crippen LogP contribution in [0.25, 0.3) is 0 Å². The van der Waals surface area contributed by atoms with Gasteiger partial charge in [0.25, 0.3) is 0 Å². The number of aryl methyl sites for hydroxylation is 3. The fourth-order valence-corrected chi connectivity index (χ4v) is 2.95. The smallest absolute Gasteiger partial charge is 0.191 e. The van der Waals surface area contributed by atoms with Gasteiger partial charge in [-0.3, -0.25) is 9.67 Å². The lowest BCUT2D eigenvalue weighted by Gasteiger charge is -2.12. The third-order valence-electron chi connectivity index (χ3n) is 4.59. The lowest BCUT2D eigenvalue weighted by atomic mass is 10.1. The van der Waals surface area contributed by atoms with Gasteiger partial charge in [-0.15, -0.1) is 24.0 Å². The van der Waals surface area contributed by atoms with E-state index in [1.165, 1.54) is 29.7 Å². The maximum absolute atomic E-state index is 4.45. The van der Waals surface area contributed by atoms with Crippen LogP contribution in [0.3, 0.4) is 0 Å². The topological polar surface area (TPSA) is 54.2 Å². The fraction of sp³-hybridized carbons (Fsp3) is 0.500. The lowest BCUT2D eigenvalue weighted by Crippen LogP contribution is -2.37. The summed E-state index contributed by atoms with van der Waals surface area (Å²) in [6, 6.07) is 10.7. The molecule has 1 aromatic carbocycles. The van der Waals surface area contributed by atoms with Crippen molar-refractivity contribution in [3.8, 4) is 0 Å². The molecular formula is C20H32IN5. The van der Waals surface area contributed by atoms with Crippen molar-refractivity contribution in [1.82, 2.24) is 20.4 Å². The van der Waals surface area contributed by atoms with E-state index in [0.717, 1.165) is 37.6 Å². The molecule has 0 saturated carbocycles. The first-order valence-corrected chi connectivity index (χ1v) is 9.09. The van der Waals surface area contributed by atoms with Gasteiger partial charge in [-0.05, 0) is 38.7 Å². The van der Waals surface area contributed by atoms with Gasteiger partial charge in [0, 0.05) is 38.4 Å². The normalized spacial score (nSPS) is 11.2. The molecule has 0 aliphatic rings. The molecule has 0 saturated heterocycles. The minimum Gasteiger partial charge on any atom is -0.356 e. The summed E-state index contributed by atoms with van der Waals surface area (Å²) in [6.45, 7) is 5.84. The molecule has 0 bridgehead atoms. The third kappa shape index (κ3) is 6.97. The third-order valence-corrected chi connectivity index (χ3v) is 4.59. The molecule has 0 spiro atoms. The molecular weight excluding hydrogens is 437 g/mol. The zero-order valence-electron chi connectivity index (χ0n) is 16.4. The van der Waals surface area contributed by atoms with Crippen LogP contribution in [0.2, 0.25) is 0 Å². The highest BCUT2D eigenvalue weighted by Gasteiger charge is 2.09. The average Bonchev–Trinajstić information content (AvgIpc) is 2.87. The second-order valence-electron chi connectivity index (χ2n) is 6.42. The molecule has 6 heteroatoms. The largest absolute Gasteiger partial charge is 0.356 e. The Morgan fingerprint density at radius 3 is 2.42 bits per heavy atom. The number of nitrogens with one attached hydrogen (secondary N) is 2. The van der Waals surface area contributed by atoms with Gasteiger partial charge in [0.2, 0.25) is 0 Å². The van der Waals surface area contributed by atoms with Crippen LogP contribution in [0.4, 0.5) is 0 Å². The highest BCUT2D eigenvalue weighted by Crippen LogP contribution is 2.11. The number of hydrogen-bond acceptors (Lipinski definition) is 2. The SMILES string of the molecule is CN=C(NCCCCCc1ccccc1)NCc1c(C)nn(C)c1C.I. The van der Waals surface area contributed by atoms with Crippen molar-refractivity contribution in [3.05, 3.63) is 52.8 Å². The molecule has 2 rings (SSSR count). The van der Waals surface area contributed by atoms with E-state index in [9.17, 15) is 0 Å². The van der Waals surface area contributed by atoms with Crippen LogP contribution >= 0.6 is 24.0 Å². The molecule has 0 unspecified atom stereocenters. The van der Waals surface area contributed by atoms with E-state index < -0.39 is 0 Å². The number of aliphatic imine (C=N–C) groups is 1. The van der Waals surface area contributed by atoms with Gasteiger partial charge >= 0.3 is 0 Å². The van der Waals surface area contributed by atoms with Gasteiger partial charge < -0.3 is 10.6 Å². The molecule has 0 radical (unpaired) electrons. The van der Waals surface area contributed by atoms with E-state index in [4.69, 9.17) is 0 Å². The molecule has 144 valence electrons. The monoisotopic (exact) mass is 469 g/mol. The molecule has 0 atom stereocenters. The van der Waals surface area contributed by atoms with Gasteiger partial charge in [0.15, 0.2) is 5.96 Å². The van der Waals surface area contributed by atoms with Crippen molar-refractivity contribution in [2.24, 2.45) is 12.0 Å². The Balaban J connectivity index is 0.00000338. The van der Waals surface area contributed by atoms with E-state index in [-0.39, 0.29) is 24.0 Å². The predicted octanol–water partition coefficient (Wildman–Crippen LogP) is 3.73. The summed E-state index contributed by atoms with van der Waals surface area (Å²) in [5.74, 6) is 0.853. The van der Waals surface area contributed by atoms with E-state index >= 15 is 0 Å². The highest BCUT2D eigenvalue weighted by molar-refractivity contribution is 14.0. The number of rotatable bonds is 8.